The Labute approximate surface area is 177 Å². The minimum Gasteiger partial charge on any atom is -0.342 e. The van der Waals surface area contributed by atoms with Crippen molar-refractivity contribution >= 4 is 17.8 Å². The Morgan fingerprint density at radius 1 is 1.27 bits per heavy atom. The highest BCUT2D eigenvalue weighted by Crippen LogP contribution is 2.45. The van der Waals surface area contributed by atoms with Gasteiger partial charge in [0.2, 0.25) is 11.8 Å². The zero-order valence-corrected chi connectivity index (χ0v) is 18.8. The van der Waals surface area contributed by atoms with Crippen LogP contribution in [0.25, 0.3) is 0 Å². The second-order valence-electron chi connectivity index (χ2n) is 9.83. The predicted octanol–water partition coefficient (Wildman–Crippen LogP) is 2.65. The van der Waals surface area contributed by atoms with Crippen LogP contribution in [0.2, 0.25) is 0 Å². The largest absolute Gasteiger partial charge is 0.342 e. The minimum absolute atomic E-state index is 0.214. The number of aromatic nitrogens is 2. The summed E-state index contributed by atoms with van der Waals surface area (Å²) in [5.41, 5.74) is -1.56. The summed E-state index contributed by atoms with van der Waals surface area (Å²) in [6.07, 6.45) is 4.07. The Morgan fingerprint density at radius 3 is 2.43 bits per heavy atom. The fourth-order valence-corrected chi connectivity index (χ4v) is 4.48. The van der Waals surface area contributed by atoms with Gasteiger partial charge in [-0.3, -0.25) is 14.5 Å². The molecule has 1 saturated carbocycles. The summed E-state index contributed by atoms with van der Waals surface area (Å²) < 4.78 is 4.97. The minimum atomic E-state index is -0.893. The first-order valence-electron chi connectivity index (χ1n) is 10.7. The van der Waals surface area contributed by atoms with Crippen molar-refractivity contribution in [1.82, 2.24) is 25.7 Å². The quantitative estimate of drug-likeness (QED) is 0.685. The van der Waals surface area contributed by atoms with Gasteiger partial charge in [0.05, 0.1) is 5.54 Å². The molecule has 1 aliphatic carbocycles. The maximum atomic E-state index is 13.1. The van der Waals surface area contributed by atoms with Crippen molar-refractivity contribution in [2.24, 2.45) is 11.3 Å². The number of hydrogen-bond donors (Lipinski definition) is 2. The highest BCUT2D eigenvalue weighted by atomic mass is 16.5. The van der Waals surface area contributed by atoms with Crippen LogP contribution < -0.4 is 10.6 Å². The average Bonchev–Trinajstić information content (AvgIpc) is 3.20. The Hall–Kier alpha value is -2.45. The molecule has 2 heterocycles. The predicted molar refractivity (Wildman–Crippen MR) is 109 cm³/mol. The van der Waals surface area contributed by atoms with E-state index in [4.69, 9.17) is 4.52 Å². The first-order chi connectivity index (χ1) is 13.9. The zero-order valence-electron chi connectivity index (χ0n) is 18.8. The van der Waals surface area contributed by atoms with Crippen LogP contribution in [-0.4, -0.2) is 45.0 Å². The topological polar surface area (TPSA) is 117 Å². The molecule has 9 heteroatoms. The molecule has 2 N–H and O–H groups in total. The average molecular weight is 420 g/mol. The van der Waals surface area contributed by atoms with Crippen molar-refractivity contribution in [3.8, 4) is 0 Å². The third-order valence-electron chi connectivity index (χ3n) is 6.94. The molecule has 166 valence electrons. The standard InChI is InChI=1S/C21H33N5O4/c1-7-19(3,4)14-8-10-21(11-9-14)17(28)26(18(29)24-21)12-15(27)23-20(5,6)16-22-13(2)30-25-16/h14H,7-12H2,1-6H3,(H,23,27)(H,24,29). The van der Waals surface area contributed by atoms with Crippen LogP contribution in [0.15, 0.2) is 4.52 Å². The van der Waals surface area contributed by atoms with E-state index >= 15 is 0 Å². The number of nitrogens with zero attached hydrogens (tertiary/aromatic N) is 3. The number of hydrogen-bond acceptors (Lipinski definition) is 6. The van der Waals surface area contributed by atoms with Crippen LogP contribution in [0.3, 0.4) is 0 Å². The lowest BCUT2D eigenvalue weighted by atomic mass is 9.65. The lowest BCUT2D eigenvalue weighted by molar-refractivity contribution is -0.136. The van der Waals surface area contributed by atoms with Gasteiger partial charge in [-0.05, 0) is 50.9 Å². The number of carbonyl (C=O) groups excluding carboxylic acids is 3. The fourth-order valence-electron chi connectivity index (χ4n) is 4.48. The molecule has 1 aromatic rings. The summed E-state index contributed by atoms with van der Waals surface area (Å²) >= 11 is 0. The van der Waals surface area contributed by atoms with Gasteiger partial charge in [0.15, 0.2) is 5.82 Å². The van der Waals surface area contributed by atoms with Crippen molar-refractivity contribution in [3.63, 3.8) is 0 Å². The third-order valence-corrected chi connectivity index (χ3v) is 6.94. The molecule has 2 aliphatic rings. The number of amides is 4. The van der Waals surface area contributed by atoms with Crippen molar-refractivity contribution in [1.29, 1.82) is 0 Å². The summed E-state index contributed by atoms with van der Waals surface area (Å²) in [5.74, 6) is 0.492. The molecular weight excluding hydrogens is 386 g/mol. The van der Waals surface area contributed by atoms with Crippen LogP contribution in [0, 0.1) is 18.3 Å². The van der Waals surface area contributed by atoms with Crippen molar-refractivity contribution in [3.05, 3.63) is 11.7 Å². The SMILES string of the molecule is CCC(C)(C)C1CCC2(CC1)NC(=O)N(CC(=O)NC(C)(C)c1noc(C)n1)C2=O. The van der Waals surface area contributed by atoms with Gasteiger partial charge in [0.25, 0.3) is 5.91 Å². The number of imide groups is 1. The number of urea groups is 1. The van der Waals surface area contributed by atoms with E-state index in [1.807, 2.05) is 0 Å². The number of aryl methyl sites for hydroxylation is 1. The molecule has 0 unspecified atom stereocenters. The van der Waals surface area contributed by atoms with E-state index < -0.39 is 23.0 Å². The Balaban J connectivity index is 1.63. The smallest absolute Gasteiger partial charge is 0.325 e. The molecule has 30 heavy (non-hydrogen) atoms. The first-order valence-corrected chi connectivity index (χ1v) is 10.7. The summed E-state index contributed by atoms with van der Waals surface area (Å²) in [4.78, 5) is 43.4. The summed E-state index contributed by atoms with van der Waals surface area (Å²) in [6.45, 7) is 11.5. The second-order valence-corrected chi connectivity index (χ2v) is 9.83. The van der Waals surface area contributed by atoms with E-state index in [2.05, 4.69) is 41.5 Å². The molecule has 4 amide bonds. The molecule has 1 saturated heterocycles. The van der Waals surface area contributed by atoms with Crippen molar-refractivity contribution in [2.45, 2.75) is 84.7 Å². The maximum absolute atomic E-state index is 13.1. The molecule has 0 aromatic carbocycles. The Kier molecular flexibility index (Phi) is 5.68. The van der Waals surface area contributed by atoms with E-state index in [1.165, 1.54) is 0 Å². The lowest BCUT2D eigenvalue weighted by Crippen LogP contribution is -2.51. The summed E-state index contributed by atoms with van der Waals surface area (Å²) in [7, 11) is 0. The monoisotopic (exact) mass is 419 g/mol. The molecule has 1 aromatic heterocycles. The van der Waals surface area contributed by atoms with Crippen LogP contribution >= 0.6 is 0 Å². The van der Waals surface area contributed by atoms with Crippen LogP contribution in [0.5, 0.6) is 0 Å². The van der Waals surface area contributed by atoms with Crippen LogP contribution in [0.1, 0.15) is 78.4 Å². The van der Waals surface area contributed by atoms with Crippen LogP contribution in [-0.2, 0) is 15.1 Å². The lowest BCUT2D eigenvalue weighted by Gasteiger charge is -2.42. The van der Waals surface area contributed by atoms with E-state index in [0.29, 0.717) is 30.5 Å². The van der Waals surface area contributed by atoms with Gasteiger partial charge in [0.1, 0.15) is 12.1 Å². The molecule has 1 aliphatic heterocycles. The van der Waals surface area contributed by atoms with Gasteiger partial charge in [-0.15, -0.1) is 0 Å². The molecule has 0 atom stereocenters. The van der Waals surface area contributed by atoms with E-state index in [-0.39, 0.29) is 17.9 Å². The van der Waals surface area contributed by atoms with Crippen molar-refractivity contribution in [2.75, 3.05) is 6.54 Å². The van der Waals surface area contributed by atoms with E-state index in [1.54, 1.807) is 20.8 Å². The maximum Gasteiger partial charge on any atom is 0.325 e. The van der Waals surface area contributed by atoms with Gasteiger partial charge >= 0.3 is 6.03 Å². The highest BCUT2D eigenvalue weighted by Gasteiger charge is 2.53. The Morgan fingerprint density at radius 2 is 1.90 bits per heavy atom. The molecule has 9 nitrogen and oxygen atoms in total. The van der Waals surface area contributed by atoms with Gasteiger partial charge in [-0.1, -0.05) is 32.3 Å². The molecular formula is C21H33N5O4. The molecule has 0 bridgehead atoms. The van der Waals surface area contributed by atoms with Gasteiger partial charge in [-0.2, -0.15) is 4.98 Å². The first kappa shape index (κ1) is 22.2. The number of nitrogens with one attached hydrogen (secondary N) is 2. The second kappa shape index (κ2) is 7.67. The number of rotatable bonds is 6. The molecule has 0 radical (unpaired) electrons. The van der Waals surface area contributed by atoms with Gasteiger partial charge < -0.3 is 15.2 Å². The van der Waals surface area contributed by atoms with Gasteiger partial charge in [0, 0.05) is 6.92 Å². The third kappa shape index (κ3) is 4.06. The number of carbonyl (C=O) groups is 3. The fraction of sp³-hybridized carbons (Fsp3) is 0.762. The van der Waals surface area contributed by atoms with Crippen LogP contribution in [0.4, 0.5) is 4.79 Å². The van der Waals surface area contributed by atoms with Gasteiger partial charge in [-0.25, -0.2) is 4.79 Å². The normalized spacial score (nSPS) is 25.0. The van der Waals surface area contributed by atoms with E-state index in [0.717, 1.165) is 24.2 Å². The Bertz CT molecular complexity index is 836. The highest BCUT2D eigenvalue weighted by molar-refractivity contribution is 6.09. The van der Waals surface area contributed by atoms with E-state index in [9.17, 15) is 14.4 Å². The molecule has 1 spiro atoms. The zero-order chi connectivity index (χ0) is 22.3. The molecule has 2 fully saturated rings. The summed E-state index contributed by atoms with van der Waals surface area (Å²) in [6, 6.07) is -0.503. The molecule has 3 rings (SSSR count). The summed E-state index contributed by atoms with van der Waals surface area (Å²) in [5, 5.41) is 9.51. The van der Waals surface area contributed by atoms with Crippen molar-refractivity contribution < 1.29 is 18.9 Å².